The first kappa shape index (κ1) is 17.4. The van der Waals surface area contributed by atoms with Gasteiger partial charge in [0.15, 0.2) is 0 Å². The van der Waals surface area contributed by atoms with E-state index < -0.39 is 10.0 Å². The number of aliphatic hydroxyl groups excluding tert-OH is 1. The Labute approximate surface area is 133 Å². The summed E-state index contributed by atoms with van der Waals surface area (Å²) in [6.45, 7) is 6.21. The van der Waals surface area contributed by atoms with Gasteiger partial charge in [0.1, 0.15) is 4.90 Å². The molecule has 0 bridgehead atoms. The van der Waals surface area contributed by atoms with E-state index >= 15 is 0 Å². The molecule has 1 aromatic rings. The van der Waals surface area contributed by atoms with Crippen LogP contribution < -0.4 is 0 Å². The minimum Gasteiger partial charge on any atom is -0.395 e. The number of sulfonamides is 1. The minimum absolute atomic E-state index is 0.135. The second kappa shape index (κ2) is 6.68. The quantitative estimate of drug-likeness (QED) is 0.884. The number of hydrogen-bond acceptors (Lipinski definition) is 4. The highest BCUT2D eigenvalue weighted by atomic mass is 32.2. The summed E-state index contributed by atoms with van der Waals surface area (Å²) in [5.41, 5.74) is 1.36. The molecule has 0 saturated carbocycles. The van der Waals surface area contributed by atoms with Gasteiger partial charge in [-0.2, -0.15) is 9.40 Å². The Morgan fingerprint density at radius 3 is 2.55 bits per heavy atom. The third kappa shape index (κ3) is 2.81. The summed E-state index contributed by atoms with van der Waals surface area (Å²) >= 11 is 0. The lowest BCUT2D eigenvalue weighted by molar-refractivity contribution is 0.113. The van der Waals surface area contributed by atoms with E-state index in [-0.39, 0.29) is 18.6 Å². The number of aryl methyl sites for hydroxylation is 2. The number of hydrogen-bond donors (Lipinski definition) is 1. The smallest absolute Gasteiger partial charge is 0.247 e. The summed E-state index contributed by atoms with van der Waals surface area (Å²) < 4.78 is 29.6. The van der Waals surface area contributed by atoms with E-state index in [1.165, 1.54) is 4.31 Å². The molecule has 0 amide bonds. The van der Waals surface area contributed by atoms with Crippen LogP contribution in [0.25, 0.3) is 0 Å². The van der Waals surface area contributed by atoms with Gasteiger partial charge in [0.25, 0.3) is 0 Å². The fourth-order valence-corrected chi connectivity index (χ4v) is 5.71. The van der Waals surface area contributed by atoms with E-state index in [1.54, 1.807) is 11.7 Å². The summed E-state index contributed by atoms with van der Waals surface area (Å²) in [7, 11) is -1.84. The number of aromatic nitrogens is 2. The molecule has 1 aliphatic heterocycles. The van der Waals surface area contributed by atoms with Crippen molar-refractivity contribution in [1.29, 1.82) is 0 Å². The largest absolute Gasteiger partial charge is 0.395 e. The van der Waals surface area contributed by atoms with Gasteiger partial charge >= 0.3 is 0 Å². The van der Waals surface area contributed by atoms with Gasteiger partial charge in [-0.1, -0.05) is 20.8 Å². The molecule has 22 heavy (non-hydrogen) atoms. The lowest BCUT2D eigenvalue weighted by Gasteiger charge is -2.38. The molecule has 1 aromatic heterocycles. The zero-order valence-electron chi connectivity index (χ0n) is 13.9. The summed E-state index contributed by atoms with van der Waals surface area (Å²) in [6.07, 6.45) is 2.98. The molecular formula is C15H27N3O3S. The molecule has 2 rings (SSSR count). The molecule has 2 atom stereocenters. The van der Waals surface area contributed by atoms with Crippen molar-refractivity contribution in [2.24, 2.45) is 13.0 Å². The third-order valence-corrected chi connectivity index (χ3v) is 6.73. The molecule has 6 nitrogen and oxygen atoms in total. The molecule has 0 unspecified atom stereocenters. The zero-order valence-corrected chi connectivity index (χ0v) is 14.7. The van der Waals surface area contributed by atoms with Crippen LogP contribution in [0.4, 0.5) is 0 Å². The molecule has 7 heteroatoms. The molecule has 0 radical (unpaired) electrons. The van der Waals surface area contributed by atoms with Crippen molar-refractivity contribution in [3.63, 3.8) is 0 Å². The molecule has 1 aliphatic rings. The normalized spacial score (nSPS) is 23.9. The van der Waals surface area contributed by atoms with E-state index in [4.69, 9.17) is 0 Å². The minimum atomic E-state index is -3.63. The Morgan fingerprint density at radius 1 is 1.32 bits per heavy atom. The Kier molecular flexibility index (Phi) is 5.29. The van der Waals surface area contributed by atoms with Crippen LogP contribution in [0, 0.1) is 5.92 Å². The van der Waals surface area contributed by atoms with Gasteiger partial charge in [-0.05, 0) is 31.6 Å². The standard InChI is InChI=1S/C15H27N3O3S/c1-5-12-15(13(6-2)17(4)16-12)22(20,21)18-9-7-8-11(3)14(18)10-19/h11,14,19H,5-10H2,1-4H3/t11-,14+/m1/s1. The topological polar surface area (TPSA) is 75.4 Å². The lowest BCUT2D eigenvalue weighted by Crippen LogP contribution is -2.49. The van der Waals surface area contributed by atoms with Gasteiger partial charge in [0.2, 0.25) is 10.0 Å². The fourth-order valence-electron chi connectivity index (χ4n) is 3.42. The summed E-state index contributed by atoms with van der Waals surface area (Å²) in [5, 5.41) is 14.1. The molecule has 1 fully saturated rings. The van der Waals surface area contributed by atoms with Crippen molar-refractivity contribution >= 4 is 10.0 Å². The fraction of sp³-hybridized carbons (Fsp3) is 0.800. The average molecular weight is 329 g/mol. The number of piperidine rings is 1. The predicted molar refractivity (Wildman–Crippen MR) is 85.1 cm³/mol. The van der Waals surface area contributed by atoms with E-state index in [0.717, 1.165) is 18.5 Å². The number of nitrogens with zero attached hydrogens (tertiary/aromatic N) is 3. The van der Waals surface area contributed by atoms with Crippen LogP contribution in [0.2, 0.25) is 0 Å². The van der Waals surface area contributed by atoms with Crippen LogP contribution in [0.15, 0.2) is 4.90 Å². The predicted octanol–water partition coefficient (Wildman–Crippen LogP) is 1.33. The van der Waals surface area contributed by atoms with Crippen LogP contribution in [0.1, 0.15) is 45.0 Å². The molecule has 2 heterocycles. The Bertz CT molecular complexity index is 624. The highest BCUT2D eigenvalue weighted by Crippen LogP contribution is 2.32. The first-order valence-electron chi connectivity index (χ1n) is 8.05. The maximum Gasteiger partial charge on any atom is 0.247 e. The summed E-state index contributed by atoms with van der Waals surface area (Å²) in [4.78, 5) is 0.354. The SMILES string of the molecule is CCc1nn(C)c(CC)c1S(=O)(=O)N1CCC[C@@H](C)[C@@H]1CO. The highest BCUT2D eigenvalue weighted by molar-refractivity contribution is 7.89. The maximum absolute atomic E-state index is 13.2. The van der Waals surface area contributed by atoms with Gasteiger partial charge in [0.05, 0.1) is 24.0 Å². The second-order valence-corrected chi connectivity index (χ2v) is 7.87. The summed E-state index contributed by atoms with van der Waals surface area (Å²) in [5.74, 6) is 0.167. The van der Waals surface area contributed by atoms with Crippen LogP contribution in [0.5, 0.6) is 0 Å². The first-order chi connectivity index (χ1) is 10.4. The van der Waals surface area contributed by atoms with Crippen molar-refractivity contribution in [3.8, 4) is 0 Å². The number of aliphatic hydroxyl groups is 1. The molecule has 0 aromatic carbocycles. The number of rotatable bonds is 5. The van der Waals surface area contributed by atoms with Crippen LogP contribution in [-0.2, 0) is 29.9 Å². The third-order valence-electron chi connectivity index (χ3n) is 4.67. The first-order valence-corrected chi connectivity index (χ1v) is 9.49. The highest BCUT2D eigenvalue weighted by Gasteiger charge is 2.39. The van der Waals surface area contributed by atoms with Crippen LogP contribution in [-0.4, -0.2) is 46.8 Å². The Morgan fingerprint density at radius 2 is 2.00 bits per heavy atom. The van der Waals surface area contributed by atoms with E-state index in [2.05, 4.69) is 5.10 Å². The van der Waals surface area contributed by atoms with Crippen LogP contribution in [0.3, 0.4) is 0 Å². The van der Waals surface area contributed by atoms with Crippen molar-refractivity contribution in [2.75, 3.05) is 13.2 Å². The van der Waals surface area contributed by atoms with Gasteiger partial charge < -0.3 is 5.11 Å². The summed E-state index contributed by atoms with van der Waals surface area (Å²) in [6, 6.07) is -0.339. The molecule has 1 N–H and O–H groups in total. The lowest BCUT2D eigenvalue weighted by atomic mass is 9.93. The van der Waals surface area contributed by atoms with Crippen molar-refractivity contribution in [3.05, 3.63) is 11.4 Å². The van der Waals surface area contributed by atoms with Gasteiger partial charge in [-0.15, -0.1) is 0 Å². The van der Waals surface area contributed by atoms with Gasteiger partial charge in [-0.25, -0.2) is 8.42 Å². The van der Waals surface area contributed by atoms with E-state index in [9.17, 15) is 13.5 Å². The van der Waals surface area contributed by atoms with Gasteiger partial charge in [0, 0.05) is 13.6 Å². The molecule has 1 saturated heterocycles. The van der Waals surface area contributed by atoms with Gasteiger partial charge in [-0.3, -0.25) is 4.68 Å². The second-order valence-electron chi connectivity index (χ2n) is 6.04. The molecule has 126 valence electrons. The van der Waals surface area contributed by atoms with Crippen LogP contribution >= 0.6 is 0 Å². The van der Waals surface area contributed by atoms with E-state index in [0.29, 0.717) is 30.0 Å². The molecule has 0 spiro atoms. The molecule has 0 aliphatic carbocycles. The zero-order chi connectivity index (χ0) is 16.5. The Hall–Kier alpha value is -0.920. The van der Waals surface area contributed by atoms with Crippen molar-refractivity contribution < 1.29 is 13.5 Å². The Balaban J connectivity index is 2.54. The molecular weight excluding hydrogens is 302 g/mol. The van der Waals surface area contributed by atoms with E-state index in [1.807, 2.05) is 20.8 Å². The van der Waals surface area contributed by atoms with Crippen molar-refractivity contribution in [1.82, 2.24) is 14.1 Å². The van der Waals surface area contributed by atoms with Crippen molar-refractivity contribution in [2.45, 2.75) is 57.4 Å². The maximum atomic E-state index is 13.2. The monoisotopic (exact) mass is 329 g/mol. The average Bonchev–Trinajstić information content (AvgIpc) is 2.83.